The van der Waals surface area contributed by atoms with Crippen molar-refractivity contribution in [2.24, 2.45) is 0 Å². The van der Waals surface area contributed by atoms with E-state index in [2.05, 4.69) is 25.9 Å². The largest absolute Gasteiger partial charge is 0.443 e. The zero-order valence-electron chi connectivity index (χ0n) is 21.9. The molecule has 0 saturated heterocycles. The lowest BCUT2D eigenvalue weighted by atomic mass is 10.2. The third kappa shape index (κ3) is 5.85. The van der Waals surface area contributed by atoms with Crippen LogP contribution in [0.25, 0.3) is 11.5 Å². The van der Waals surface area contributed by atoms with E-state index in [1.807, 2.05) is 0 Å². The molecular weight excluding hydrogens is 511 g/mol. The fraction of sp³-hybridized carbons (Fsp3) is 0.280. The first-order valence-corrected chi connectivity index (χ1v) is 11.9. The number of anilines is 3. The quantitative estimate of drug-likeness (QED) is 0.339. The molecule has 0 aromatic carbocycles. The fourth-order valence-electron chi connectivity index (χ4n) is 3.48. The number of halogens is 1. The molecule has 13 nitrogen and oxygen atoms in total. The van der Waals surface area contributed by atoms with E-state index in [-0.39, 0.29) is 41.0 Å². The number of pyridine rings is 2. The van der Waals surface area contributed by atoms with Gasteiger partial charge in [0, 0.05) is 25.5 Å². The van der Waals surface area contributed by atoms with Crippen molar-refractivity contribution in [3.8, 4) is 5.82 Å². The summed E-state index contributed by atoms with van der Waals surface area (Å²) in [4.78, 5) is 53.4. The molecule has 0 unspecified atom stereocenters. The van der Waals surface area contributed by atoms with Gasteiger partial charge in [-0.25, -0.2) is 24.6 Å². The maximum absolute atomic E-state index is 14.3. The van der Waals surface area contributed by atoms with Gasteiger partial charge in [-0.2, -0.15) is 9.61 Å². The average Bonchev–Trinajstić information content (AvgIpc) is 3.31. The van der Waals surface area contributed by atoms with Crippen LogP contribution < -0.4 is 21.3 Å². The maximum Gasteiger partial charge on any atom is 0.415 e. The molecule has 4 aromatic rings. The summed E-state index contributed by atoms with van der Waals surface area (Å²) in [5, 5.41) is 7.12. The summed E-state index contributed by atoms with van der Waals surface area (Å²) in [5.74, 6) is -1.20. The number of aromatic nitrogens is 5. The molecule has 4 rings (SSSR count). The molecule has 0 bridgehead atoms. The van der Waals surface area contributed by atoms with Crippen molar-refractivity contribution in [1.82, 2.24) is 29.6 Å². The molecule has 0 radical (unpaired) electrons. The highest BCUT2D eigenvalue weighted by Gasteiger charge is 2.25. The number of hydroxylamine groups is 1. The first-order chi connectivity index (χ1) is 18.5. The van der Waals surface area contributed by atoms with Crippen LogP contribution in [0.2, 0.25) is 0 Å². The molecule has 0 saturated carbocycles. The van der Waals surface area contributed by atoms with Gasteiger partial charge in [0.2, 0.25) is 0 Å². The standard InChI is InChI=1S/C25H27FN8O5/c1-6-38-31-22(35)15-14-28-34-19(32(5)24(37)39-25(2,3)4)13-18(30-20(15)34)29-17-10-8-12-33(23(17)36)21-16(26)9-7-11-27-21/h7-14H,6H2,1-5H3,(H,29,30)(H,31,35). The van der Waals surface area contributed by atoms with E-state index in [0.29, 0.717) is 0 Å². The molecule has 0 atom stereocenters. The monoisotopic (exact) mass is 538 g/mol. The van der Waals surface area contributed by atoms with Gasteiger partial charge in [-0.3, -0.25) is 23.9 Å². The van der Waals surface area contributed by atoms with Crippen molar-refractivity contribution in [2.75, 3.05) is 23.9 Å². The van der Waals surface area contributed by atoms with E-state index >= 15 is 0 Å². The van der Waals surface area contributed by atoms with Crippen molar-refractivity contribution in [1.29, 1.82) is 0 Å². The number of carbonyl (C=O) groups is 2. The lowest BCUT2D eigenvalue weighted by Gasteiger charge is -2.25. The Hall–Kier alpha value is -4.85. The van der Waals surface area contributed by atoms with E-state index in [4.69, 9.17) is 9.57 Å². The summed E-state index contributed by atoms with van der Waals surface area (Å²) >= 11 is 0. The molecule has 39 heavy (non-hydrogen) atoms. The smallest absolute Gasteiger partial charge is 0.415 e. The van der Waals surface area contributed by atoms with Gasteiger partial charge >= 0.3 is 6.09 Å². The van der Waals surface area contributed by atoms with Gasteiger partial charge < -0.3 is 10.1 Å². The number of nitrogens with one attached hydrogen (secondary N) is 2. The number of rotatable bonds is 7. The van der Waals surface area contributed by atoms with Crippen LogP contribution in [0.4, 0.5) is 26.5 Å². The van der Waals surface area contributed by atoms with Crippen molar-refractivity contribution in [3.05, 3.63) is 70.7 Å². The molecule has 2 amide bonds. The number of carbonyl (C=O) groups excluding carboxylic acids is 2. The van der Waals surface area contributed by atoms with Crippen LogP contribution in [0.1, 0.15) is 38.1 Å². The van der Waals surface area contributed by atoms with Crippen molar-refractivity contribution < 1.29 is 23.6 Å². The Bertz CT molecular complexity index is 1590. The molecule has 204 valence electrons. The van der Waals surface area contributed by atoms with Crippen molar-refractivity contribution in [3.63, 3.8) is 0 Å². The third-order valence-corrected chi connectivity index (χ3v) is 5.20. The van der Waals surface area contributed by atoms with Crippen LogP contribution in [-0.2, 0) is 9.57 Å². The molecule has 14 heteroatoms. The highest BCUT2D eigenvalue weighted by atomic mass is 19.1. The van der Waals surface area contributed by atoms with E-state index in [0.717, 1.165) is 4.57 Å². The number of amides is 2. The number of fused-ring (bicyclic) bond motifs is 1. The number of nitrogens with zero attached hydrogens (tertiary/aromatic N) is 6. The van der Waals surface area contributed by atoms with Crippen LogP contribution >= 0.6 is 0 Å². The van der Waals surface area contributed by atoms with E-state index in [9.17, 15) is 18.8 Å². The van der Waals surface area contributed by atoms with Crippen LogP contribution in [0.15, 0.2) is 53.7 Å². The molecular formula is C25H27FN8O5. The SMILES string of the molecule is CCONC(=O)c1cnn2c(N(C)C(=O)OC(C)(C)C)cc(Nc3cccn(-c4ncccc4F)c3=O)nc12. The van der Waals surface area contributed by atoms with Crippen LogP contribution in [0.3, 0.4) is 0 Å². The predicted octanol–water partition coefficient (Wildman–Crippen LogP) is 3.21. The Balaban J connectivity index is 1.81. The summed E-state index contributed by atoms with van der Waals surface area (Å²) in [5.41, 5.74) is 1.04. The number of hydrogen-bond donors (Lipinski definition) is 2. The molecule has 4 heterocycles. The molecule has 4 aromatic heterocycles. The summed E-state index contributed by atoms with van der Waals surface area (Å²) in [6.45, 7) is 7.11. The third-order valence-electron chi connectivity index (χ3n) is 5.20. The first-order valence-electron chi connectivity index (χ1n) is 11.9. The van der Waals surface area contributed by atoms with E-state index in [1.54, 1.807) is 27.7 Å². The molecule has 0 aliphatic heterocycles. The predicted molar refractivity (Wildman–Crippen MR) is 140 cm³/mol. The maximum atomic E-state index is 14.3. The summed E-state index contributed by atoms with van der Waals surface area (Å²) in [6, 6.07) is 7.06. The second kappa shape index (κ2) is 10.9. The van der Waals surface area contributed by atoms with Crippen LogP contribution in [-0.4, -0.2) is 55.4 Å². The lowest BCUT2D eigenvalue weighted by Crippen LogP contribution is -2.35. The Kier molecular flexibility index (Phi) is 7.58. The highest BCUT2D eigenvalue weighted by molar-refractivity contribution is 6.00. The lowest BCUT2D eigenvalue weighted by molar-refractivity contribution is 0.0366. The normalized spacial score (nSPS) is 11.3. The van der Waals surface area contributed by atoms with Gasteiger partial charge in [-0.15, -0.1) is 0 Å². The summed E-state index contributed by atoms with van der Waals surface area (Å²) < 4.78 is 22.1. The molecule has 0 aliphatic carbocycles. The highest BCUT2D eigenvalue weighted by Crippen LogP contribution is 2.25. The summed E-state index contributed by atoms with van der Waals surface area (Å²) in [6.07, 6.45) is 3.33. The minimum absolute atomic E-state index is 0.0325. The van der Waals surface area contributed by atoms with E-state index in [1.165, 1.54) is 65.4 Å². The van der Waals surface area contributed by atoms with Gasteiger partial charge in [0.1, 0.15) is 28.5 Å². The Morgan fingerprint density at radius 2 is 1.97 bits per heavy atom. The fourth-order valence-corrected chi connectivity index (χ4v) is 3.48. The van der Waals surface area contributed by atoms with Crippen molar-refractivity contribution in [2.45, 2.75) is 33.3 Å². The van der Waals surface area contributed by atoms with Gasteiger partial charge in [0.25, 0.3) is 11.5 Å². The summed E-state index contributed by atoms with van der Waals surface area (Å²) in [7, 11) is 1.47. The zero-order valence-corrected chi connectivity index (χ0v) is 21.9. The molecule has 0 fully saturated rings. The van der Waals surface area contributed by atoms with Gasteiger partial charge in [0.05, 0.1) is 12.8 Å². The van der Waals surface area contributed by atoms with Crippen LogP contribution in [0, 0.1) is 5.82 Å². The zero-order chi connectivity index (χ0) is 28.3. The minimum atomic E-state index is -0.777. The molecule has 0 spiro atoms. The molecule has 0 aliphatic rings. The van der Waals surface area contributed by atoms with Gasteiger partial charge in [0.15, 0.2) is 17.3 Å². The van der Waals surface area contributed by atoms with Gasteiger partial charge in [-0.05, 0) is 52.0 Å². The molecule has 2 N–H and O–H groups in total. The number of ether oxygens (including phenoxy) is 1. The first kappa shape index (κ1) is 27.2. The second-order valence-electron chi connectivity index (χ2n) is 9.23. The Labute approximate surface area is 222 Å². The van der Waals surface area contributed by atoms with Crippen molar-refractivity contribution >= 4 is 35.0 Å². The second-order valence-corrected chi connectivity index (χ2v) is 9.23. The average molecular weight is 539 g/mol. The van der Waals surface area contributed by atoms with Gasteiger partial charge in [-0.1, -0.05) is 0 Å². The Morgan fingerprint density at radius 1 is 1.21 bits per heavy atom. The minimum Gasteiger partial charge on any atom is -0.443 e. The number of hydrogen-bond acceptors (Lipinski definition) is 9. The van der Waals surface area contributed by atoms with Crippen LogP contribution in [0.5, 0.6) is 0 Å². The Morgan fingerprint density at radius 3 is 2.67 bits per heavy atom. The van der Waals surface area contributed by atoms with E-state index < -0.39 is 29.0 Å². The topological polar surface area (TPSA) is 145 Å².